The van der Waals surface area contributed by atoms with Gasteiger partial charge in [-0.05, 0) is 42.2 Å². The second-order valence-corrected chi connectivity index (χ2v) is 8.02. The molecule has 2 aliphatic heterocycles. The third-order valence-electron chi connectivity index (χ3n) is 5.99. The molecular weight excluding hydrogens is 380 g/mol. The lowest BCUT2D eigenvalue weighted by Crippen LogP contribution is -2.46. The Morgan fingerprint density at radius 3 is 3.00 bits per heavy atom. The van der Waals surface area contributed by atoms with Crippen molar-refractivity contribution < 1.29 is 4.74 Å². The Morgan fingerprint density at radius 1 is 1.23 bits per heavy atom. The van der Waals surface area contributed by atoms with E-state index in [1.807, 2.05) is 22.8 Å². The maximum Gasteiger partial charge on any atom is 0.250 e. The van der Waals surface area contributed by atoms with Crippen molar-refractivity contribution in [3.8, 4) is 5.75 Å². The van der Waals surface area contributed by atoms with Gasteiger partial charge in [-0.1, -0.05) is 6.07 Å². The third-order valence-corrected chi connectivity index (χ3v) is 5.99. The second-order valence-electron chi connectivity index (χ2n) is 8.02. The molecule has 0 N–H and O–H groups in total. The van der Waals surface area contributed by atoms with E-state index in [0.717, 1.165) is 49.5 Å². The van der Waals surface area contributed by atoms with E-state index in [-0.39, 0.29) is 5.56 Å². The fourth-order valence-corrected chi connectivity index (χ4v) is 4.76. The van der Waals surface area contributed by atoms with E-state index in [9.17, 15) is 4.79 Å². The Balaban J connectivity index is 1.37. The van der Waals surface area contributed by atoms with Crippen LogP contribution in [0.25, 0.3) is 0 Å². The molecule has 0 aliphatic carbocycles. The summed E-state index contributed by atoms with van der Waals surface area (Å²) in [7, 11) is 1.70. The lowest BCUT2D eigenvalue weighted by atomic mass is 9.83. The summed E-state index contributed by atoms with van der Waals surface area (Å²) in [4.78, 5) is 20.0. The molecular formula is C22H24N6O2. The van der Waals surface area contributed by atoms with E-state index in [1.165, 1.54) is 16.8 Å². The van der Waals surface area contributed by atoms with Gasteiger partial charge in [-0.15, -0.1) is 9.89 Å². The number of likely N-dealkylation sites (tertiary alicyclic amines) is 1. The topological polar surface area (TPSA) is 77.5 Å². The Labute approximate surface area is 174 Å². The minimum atomic E-state index is 0.122. The van der Waals surface area contributed by atoms with Crippen molar-refractivity contribution >= 4 is 6.21 Å². The molecule has 2 bridgehead atoms. The minimum Gasteiger partial charge on any atom is -0.496 e. The monoisotopic (exact) mass is 404 g/mol. The predicted molar refractivity (Wildman–Crippen MR) is 113 cm³/mol. The molecule has 0 unspecified atom stereocenters. The summed E-state index contributed by atoms with van der Waals surface area (Å²) in [5.74, 6) is 1.77. The van der Waals surface area contributed by atoms with E-state index in [2.05, 4.69) is 32.2 Å². The van der Waals surface area contributed by atoms with Crippen LogP contribution in [0.5, 0.6) is 5.75 Å². The molecule has 1 aromatic carbocycles. The number of hydrogen-bond donors (Lipinski definition) is 0. The third kappa shape index (κ3) is 3.66. The van der Waals surface area contributed by atoms with E-state index >= 15 is 0 Å². The molecule has 0 saturated carbocycles. The largest absolute Gasteiger partial charge is 0.496 e. The van der Waals surface area contributed by atoms with Crippen LogP contribution in [0.3, 0.4) is 0 Å². The molecule has 5 rings (SSSR count). The van der Waals surface area contributed by atoms with Crippen molar-refractivity contribution in [2.75, 3.05) is 20.2 Å². The number of fused-ring (bicyclic) bond motifs is 4. The molecule has 0 spiro atoms. The second kappa shape index (κ2) is 7.87. The highest BCUT2D eigenvalue weighted by Gasteiger charge is 2.34. The van der Waals surface area contributed by atoms with E-state index in [0.29, 0.717) is 11.8 Å². The summed E-state index contributed by atoms with van der Waals surface area (Å²) in [6.07, 6.45) is 5.93. The molecule has 2 aliphatic rings. The summed E-state index contributed by atoms with van der Waals surface area (Å²) in [6.45, 7) is 3.54. The number of hydrogen-bond acceptors (Lipinski definition) is 6. The van der Waals surface area contributed by atoms with Gasteiger partial charge in [0.1, 0.15) is 18.4 Å². The molecule has 154 valence electrons. The number of rotatable bonds is 5. The lowest BCUT2D eigenvalue weighted by Gasteiger charge is -2.42. The van der Waals surface area contributed by atoms with E-state index in [4.69, 9.17) is 4.74 Å². The van der Waals surface area contributed by atoms with Crippen LogP contribution in [-0.2, 0) is 13.1 Å². The summed E-state index contributed by atoms with van der Waals surface area (Å²) >= 11 is 0. The van der Waals surface area contributed by atoms with E-state index in [1.54, 1.807) is 25.7 Å². The normalized spacial score (nSPS) is 21.0. The van der Waals surface area contributed by atoms with Gasteiger partial charge in [0.25, 0.3) is 5.56 Å². The quantitative estimate of drug-likeness (QED) is 0.608. The number of aromatic nitrogens is 4. The predicted octanol–water partition coefficient (Wildman–Crippen LogP) is 1.95. The van der Waals surface area contributed by atoms with Gasteiger partial charge in [0.05, 0.1) is 13.3 Å². The van der Waals surface area contributed by atoms with Crippen LogP contribution in [0.2, 0.25) is 0 Å². The van der Waals surface area contributed by atoms with Crippen molar-refractivity contribution in [2.24, 2.45) is 11.0 Å². The summed E-state index contributed by atoms with van der Waals surface area (Å²) in [5, 5.41) is 8.28. The average molecular weight is 404 g/mol. The van der Waals surface area contributed by atoms with Gasteiger partial charge in [0, 0.05) is 49.4 Å². The number of methoxy groups -OCH3 is 1. The number of nitrogens with zero attached hydrogens (tertiary/aromatic N) is 6. The SMILES string of the molecule is COc1ccc(/C=N/n2cncn2)cc1CN1C[C@@H]2C[C@@H](C1)c1cccc(=O)n1C2. The molecule has 4 heterocycles. The first-order chi connectivity index (χ1) is 14.7. The maximum atomic E-state index is 12.2. The van der Waals surface area contributed by atoms with Crippen LogP contribution in [0.1, 0.15) is 29.2 Å². The molecule has 1 fully saturated rings. The fraction of sp³-hybridized carbons (Fsp3) is 0.364. The molecule has 8 heteroatoms. The van der Waals surface area contributed by atoms with Crippen molar-refractivity contribution in [3.63, 3.8) is 0 Å². The van der Waals surface area contributed by atoms with Gasteiger partial charge in [-0.3, -0.25) is 9.69 Å². The Bertz CT molecular complexity index is 1120. The van der Waals surface area contributed by atoms with Gasteiger partial charge in [0.15, 0.2) is 0 Å². The van der Waals surface area contributed by atoms with Crippen molar-refractivity contribution in [1.29, 1.82) is 0 Å². The number of benzene rings is 1. The van der Waals surface area contributed by atoms with Crippen molar-refractivity contribution in [1.82, 2.24) is 24.3 Å². The molecule has 0 amide bonds. The average Bonchev–Trinajstić information content (AvgIpc) is 3.27. The number of piperidine rings is 1. The maximum absolute atomic E-state index is 12.2. The Kier molecular flexibility index (Phi) is 4.92. The summed E-state index contributed by atoms with van der Waals surface area (Å²) < 4.78 is 7.58. The Morgan fingerprint density at radius 2 is 2.17 bits per heavy atom. The van der Waals surface area contributed by atoms with Gasteiger partial charge >= 0.3 is 0 Å². The highest BCUT2D eigenvalue weighted by molar-refractivity contribution is 5.80. The molecule has 2 aromatic heterocycles. The Hall–Kier alpha value is -3.26. The molecule has 3 aromatic rings. The molecule has 2 atom stereocenters. The van der Waals surface area contributed by atoms with Crippen LogP contribution in [-0.4, -0.2) is 50.8 Å². The zero-order valence-electron chi connectivity index (χ0n) is 16.9. The smallest absolute Gasteiger partial charge is 0.250 e. The minimum absolute atomic E-state index is 0.122. The molecule has 8 nitrogen and oxygen atoms in total. The van der Waals surface area contributed by atoms with Gasteiger partial charge in [0.2, 0.25) is 0 Å². The summed E-state index contributed by atoms with van der Waals surface area (Å²) in [6, 6.07) is 11.7. The lowest BCUT2D eigenvalue weighted by molar-refractivity contribution is 0.113. The fourth-order valence-electron chi connectivity index (χ4n) is 4.76. The summed E-state index contributed by atoms with van der Waals surface area (Å²) in [5.41, 5.74) is 3.40. The van der Waals surface area contributed by atoms with Crippen LogP contribution in [0.15, 0.2) is 58.9 Å². The standard InChI is InChI=1S/C22H24N6O2/c1-30-21-6-5-16(9-24-28-15-23-14-25-28)7-19(21)13-26-10-17-8-18(12-26)20-3-2-4-22(29)27(20)11-17/h2-7,9,14-15,17-18H,8,10-13H2,1H3/b24-9+/t17-,18-/m0/s1. The van der Waals surface area contributed by atoms with Crippen molar-refractivity contribution in [2.45, 2.75) is 25.4 Å². The van der Waals surface area contributed by atoms with Crippen LogP contribution in [0.4, 0.5) is 0 Å². The van der Waals surface area contributed by atoms with Crippen LogP contribution < -0.4 is 10.3 Å². The van der Waals surface area contributed by atoms with Crippen LogP contribution >= 0.6 is 0 Å². The number of ether oxygens (including phenoxy) is 1. The van der Waals surface area contributed by atoms with Gasteiger partial charge < -0.3 is 9.30 Å². The first-order valence-corrected chi connectivity index (χ1v) is 10.2. The first-order valence-electron chi connectivity index (χ1n) is 10.2. The van der Waals surface area contributed by atoms with Gasteiger partial charge in [-0.2, -0.15) is 5.10 Å². The van der Waals surface area contributed by atoms with E-state index < -0.39 is 0 Å². The first kappa shape index (κ1) is 18.7. The van der Waals surface area contributed by atoms with Crippen LogP contribution in [0, 0.1) is 5.92 Å². The molecule has 1 saturated heterocycles. The molecule has 30 heavy (non-hydrogen) atoms. The number of pyridine rings is 1. The highest BCUT2D eigenvalue weighted by Crippen LogP contribution is 2.36. The van der Waals surface area contributed by atoms with Gasteiger partial charge in [-0.25, -0.2) is 4.98 Å². The zero-order valence-corrected chi connectivity index (χ0v) is 16.9. The highest BCUT2D eigenvalue weighted by atomic mass is 16.5. The molecule has 0 radical (unpaired) electrons. The zero-order chi connectivity index (χ0) is 20.5. The van der Waals surface area contributed by atoms with Crippen molar-refractivity contribution in [3.05, 3.63) is 76.2 Å².